The molecule has 0 aliphatic rings. The van der Waals surface area contributed by atoms with Gasteiger partial charge in [-0.1, -0.05) is 63.6 Å². The number of unbranched alkanes of at least 4 members (excludes halogenated alkanes) is 5. The Morgan fingerprint density at radius 1 is 1.10 bits per heavy atom. The summed E-state index contributed by atoms with van der Waals surface area (Å²) in [5.74, 6) is 0.597. The number of aliphatic hydroxyl groups is 1. The number of rotatable bonds is 12. The summed E-state index contributed by atoms with van der Waals surface area (Å²) in [7, 11) is 0. The van der Waals surface area contributed by atoms with Crippen LogP contribution in [0, 0.1) is 0 Å². The maximum atomic E-state index is 11.8. The quantitative estimate of drug-likeness (QED) is 0.443. The van der Waals surface area contributed by atoms with Crippen LogP contribution >= 0.6 is 11.8 Å². The second kappa shape index (κ2) is 11.8. The minimum atomic E-state index is -0.458. The summed E-state index contributed by atoms with van der Waals surface area (Å²) in [5.41, 5.74) is 0. The minimum absolute atomic E-state index is 0.141. The van der Waals surface area contributed by atoms with Crippen molar-refractivity contribution >= 4 is 17.5 Å². The Morgan fingerprint density at radius 3 is 2.48 bits per heavy atom. The fraction of sp³-hybridized carbons (Fsp3) is 0.611. The molecule has 21 heavy (non-hydrogen) atoms. The third-order valence-electron chi connectivity index (χ3n) is 3.50. The maximum absolute atomic E-state index is 11.8. The van der Waals surface area contributed by atoms with Gasteiger partial charge in [0.15, 0.2) is 0 Å². The Bertz CT molecular complexity index is 378. The molecule has 0 aliphatic heterocycles. The molecule has 1 N–H and O–H groups in total. The van der Waals surface area contributed by atoms with E-state index in [9.17, 15) is 9.90 Å². The van der Waals surface area contributed by atoms with Crippen LogP contribution in [0.15, 0.2) is 35.2 Å². The van der Waals surface area contributed by atoms with E-state index in [2.05, 4.69) is 6.92 Å². The van der Waals surface area contributed by atoms with E-state index in [1.165, 1.54) is 32.1 Å². The number of carbonyl (C=O) groups excluding carboxylic acids is 1. The van der Waals surface area contributed by atoms with Gasteiger partial charge in [0.25, 0.3) is 0 Å². The molecule has 1 rings (SSSR count). The van der Waals surface area contributed by atoms with E-state index in [1.807, 2.05) is 30.3 Å². The first-order valence-corrected chi connectivity index (χ1v) is 9.08. The van der Waals surface area contributed by atoms with Gasteiger partial charge in [0, 0.05) is 11.3 Å². The molecule has 0 aromatic heterocycles. The predicted molar refractivity (Wildman–Crippen MR) is 90.8 cm³/mol. The van der Waals surface area contributed by atoms with Crippen LogP contribution in [0.25, 0.3) is 0 Å². The zero-order chi connectivity index (χ0) is 15.3. The normalized spacial score (nSPS) is 12.3. The Labute approximate surface area is 133 Å². The second-order valence-corrected chi connectivity index (χ2v) is 6.60. The van der Waals surface area contributed by atoms with E-state index in [1.54, 1.807) is 11.8 Å². The van der Waals surface area contributed by atoms with Crippen molar-refractivity contribution in [2.45, 2.75) is 69.3 Å². The van der Waals surface area contributed by atoms with Crippen molar-refractivity contribution < 1.29 is 9.90 Å². The van der Waals surface area contributed by atoms with E-state index in [0.717, 1.165) is 17.7 Å². The van der Waals surface area contributed by atoms with Gasteiger partial charge in [-0.25, -0.2) is 0 Å². The fourth-order valence-electron chi connectivity index (χ4n) is 2.26. The summed E-state index contributed by atoms with van der Waals surface area (Å²) in [5, 5.41) is 9.89. The van der Waals surface area contributed by atoms with E-state index in [0.29, 0.717) is 12.2 Å². The maximum Gasteiger partial charge on any atom is 0.145 e. The third kappa shape index (κ3) is 9.70. The van der Waals surface area contributed by atoms with Gasteiger partial charge in [-0.2, -0.15) is 0 Å². The Morgan fingerprint density at radius 2 is 1.76 bits per heavy atom. The zero-order valence-corrected chi connectivity index (χ0v) is 13.9. The molecule has 0 radical (unpaired) electrons. The Balaban J connectivity index is 2.05. The lowest BCUT2D eigenvalue weighted by molar-refractivity contribution is -0.118. The third-order valence-corrected chi connectivity index (χ3v) is 4.57. The van der Waals surface area contributed by atoms with Gasteiger partial charge >= 0.3 is 0 Å². The van der Waals surface area contributed by atoms with Crippen molar-refractivity contribution in [3.8, 4) is 0 Å². The molecule has 0 saturated heterocycles. The summed E-state index contributed by atoms with van der Waals surface area (Å²) in [4.78, 5) is 12.9. The number of hydrogen-bond acceptors (Lipinski definition) is 3. The van der Waals surface area contributed by atoms with Gasteiger partial charge in [0.2, 0.25) is 0 Å². The largest absolute Gasteiger partial charge is 0.393 e. The highest BCUT2D eigenvalue weighted by molar-refractivity contribution is 8.00. The molecule has 3 heteroatoms. The van der Waals surface area contributed by atoms with Crippen LogP contribution in [0.2, 0.25) is 0 Å². The first kappa shape index (κ1) is 18.2. The van der Waals surface area contributed by atoms with Gasteiger partial charge in [0.1, 0.15) is 5.78 Å². The van der Waals surface area contributed by atoms with Gasteiger partial charge in [-0.15, -0.1) is 11.8 Å². The molecule has 0 bridgehead atoms. The molecule has 1 unspecified atom stereocenters. The summed E-state index contributed by atoms with van der Waals surface area (Å²) in [6.07, 6.45) is 7.91. The topological polar surface area (TPSA) is 37.3 Å². The smallest absolute Gasteiger partial charge is 0.145 e. The van der Waals surface area contributed by atoms with Crippen molar-refractivity contribution in [2.75, 3.05) is 5.75 Å². The predicted octanol–water partition coefficient (Wildman–Crippen LogP) is 4.85. The fourth-order valence-corrected chi connectivity index (χ4v) is 3.06. The summed E-state index contributed by atoms with van der Waals surface area (Å²) < 4.78 is 0. The van der Waals surface area contributed by atoms with Gasteiger partial charge in [0.05, 0.1) is 11.9 Å². The van der Waals surface area contributed by atoms with Crippen LogP contribution in [0.1, 0.15) is 58.3 Å². The van der Waals surface area contributed by atoms with Gasteiger partial charge < -0.3 is 5.11 Å². The second-order valence-electron chi connectivity index (χ2n) is 5.55. The molecule has 0 fully saturated rings. The van der Waals surface area contributed by atoms with Gasteiger partial charge in [-0.3, -0.25) is 4.79 Å². The first-order valence-electron chi connectivity index (χ1n) is 8.10. The van der Waals surface area contributed by atoms with Crippen LogP contribution in [-0.4, -0.2) is 22.7 Å². The van der Waals surface area contributed by atoms with Crippen LogP contribution in [0.3, 0.4) is 0 Å². The van der Waals surface area contributed by atoms with Crippen LogP contribution in [-0.2, 0) is 4.79 Å². The lowest BCUT2D eigenvalue weighted by Crippen LogP contribution is -2.14. The lowest BCUT2D eigenvalue weighted by atomic mass is 10.0. The number of ketones is 1. The Hall–Kier alpha value is -0.800. The molecule has 0 heterocycles. The molecule has 0 aliphatic carbocycles. The van der Waals surface area contributed by atoms with Crippen molar-refractivity contribution in [3.05, 3.63) is 30.3 Å². The van der Waals surface area contributed by atoms with Crippen molar-refractivity contribution in [1.82, 2.24) is 0 Å². The standard InChI is InChI=1S/C18H28O2S/c1-2-3-4-5-6-8-11-16(19)14-17(20)15-21-18-12-9-7-10-13-18/h7,9-10,12-13,16,19H,2-6,8,11,14-15H2,1H3. The van der Waals surface area contributed by atoms with Crippen molar-refractivity contribution in [1.29, 1.82) is 0 Å². The van der Waals surface area contributed by atoms with Crippen LogP contribution in [0.4, 0.5) is 0 Å². The lowest BCUT2D eigenvalue weighted by Gasteiger charge is -2.09. The molecule has 118 valence electrons. The SMILES string of the molecule is CCCCCCCCC(O)CC(=O)CSc1ccccc1. The molecular formula is C18H28O2S. The molecular weight excluding hydrogens is 280 g/mol. The van der Waals surface area contributed by atoms with E-state index in [-0.39, 0.29) is 5.78 Å². The number of hydrogen-bond donors (Lipinski definition) is 1. The van der Waals surface area contributed by atoms with E-state index in [4.69, 9.17) is 0 Å². The highest BCUT2D eigenvalue weighted by atomic mass is 32.2. The first-order chi connectivity index (χ1) is 10.2. The molecule has 1 aromatic rings. The average molecular weight is 308 g/mol. The van der Waals surface area contributed by atoms with Crippen LogP contribution < -0.4 is 0 Å². The number of carbonyl (C=O) groups is 1. The molecule has 0 amide bonds. The molecule has 0 spiro atoms. The number of benzene rings is 1. The summed E-state index contributed by atoms with van der Waals surface area (Å²) >= 11 is 1.55. The van der Waals surface area contributed by atoms with Crippen molar-refractivity contribution in [2.24, 2.45) is 0 Å². The molecule has 1 aromatic carbocycles. The monoisotopic (exact) mass is 308 g/mol. The summed E-state index contributed by atoms with van der Waals surface area (Å²) in [6, 6.07) is 9.92. The van der Waals surface area contributed by atoms with Crippen LogP contribution in [0.5, 0.6) is 0 Å². The number of Topliss-reactive ketones (excluding diaryl/α,β-unsaturated/α-hetero) is 1. The average Bonchev–Trinajstić information content (AvgIpc) is 2.50. The molecule has 1 atom stereocenters. The molecule has 0 saturated carbocycles. The van der Waals surface area contributed by atoms with E-state index < -0.39 is 6.10 Å². The Kier molecular flexibility index (Phi) is 10.3. The highest BCUT2D eigenvalue weighted by Gasteiger charge is 2.11. The van der Waals surface area contributed by atoms with Crippen molar-refractivity contribution in [3.63, 3.8) is 0 Å². The highest BCUT2D eigenvalue weighted by Crippen LogP contribution is 2.18. The minimum Gasteiger partial charge on any atom is -0.393 e. The number of thioether (sulfide) groups is 1. The summed E-state index contributed by atoms with van der Waals surface area (Å²) in [6.45, 7) is 2.21. The molecule has 2 nitrogen and oxygen atoms in total. The van der Waals surface area contributed by atoms with E-state index >= 15 is 0 Å². The zero-order valence-electron chi connectivity index (χ0n) is 13.1. The van der Waals surface area contributed by atoms with Gasteiger partial charge in [-0.05, 0) is 18.6 Å². The number of aliphatic hydroxyl groups excluding tert-OH is 1.